The standard InChI is InChI=1S/C25H31ClN4O3/c1-14(31)29-17-6-4-5-16(9-17)23(32)30-22-11-19(21(26)12-27-22)15-7-8-18-20(10-15)25(2,3)13-28-24(18)33/h7-8,10-12,14,16-17,29,31H,4-6,9,13H2,1-3H3,(H,28,33)(H,27,30,32)/t14?,16-,17+/m0/s1. The second-order valence-electron chi connectivity index (χ2n) is 9.77. The number of aliphatic hydroxyl groups excluding tert-OH is 1. The molecule has 3 atom stereocenters. The summed E-state index contributed by atoms with van der Waals surface area (Å²) in [5, 5.41) is 19.1. The molecule has 0 spiro atoms. The quantitative estimate of drug-likeness (QED) is 0.497. The van der Waals surface area contributed by atoms with E-state index in [0.29, 0.717) is 29.4 Å². The third-order valence-corrected chi connectivity index (χ3v) is 6.92. The van der Waals surface area contributed by atoms with Crippen molar-refractivity contribution >= 4 is 29.2 Å². The zero-order valence-corrected chi connectivity index (χ0v) is 20.0. The number of fused-ring (bicyclic) bond motifs is 1. The number of aliphatic hydroxyl groups is 1. The van der Waals surface area contributed by atoms with E-state index in [4.69, 9.17) is 11.6 Å². The van der Waals surface area contributed by atoms with Gasteiger partial charge in [0.2, 0.25) is 5.91 Å². The maximum Gasteiger partial charge on any atom is 0.251 e. The molecule has 2 aliphatic rings. The van der Waals surface area contributed by atoms with Crippen LogP contribution < -0.4 is 16.0 Å². The summed E-state index contributed by atoms with van der Waals surface area (Å²) in [6.07, 6.45) is 4.32. The van der Waals surface area contributed by atoms with Crippen molar-refractivity contribution in [2.75, 3.05) is 11.9 Å². The van der Waals surface area contributed by atoms with Gasteiger partial charge in [-0.1, -0.05) is 37.9 Å². The topological polar surface area (TPSA) is 103 Å². The van der Waals surface area contributed by atoms with Crippen LogP contribution in [0.15, 0.2) is 30.5 Å². The molecule has 1 aliphatic heterocycles. The van der Waals surface area contributed by atoms with Gasteiger partial charge < -0.3 is 15.7 Å². The number of benzene rings is 1. The number of pyridine rings is 1. The number of rotatable bonds is 5. The summed E-state index contributed by atoms with van der Waals surface area (Å²) in [5.74, 6) is 0.162. The van der Waals surface area contributed by atoms with Crippen LogP contribution in [-0.2, 0) is 10.2 Å². The van der Waals surface area contributed by atoms with Gasteiger partial charge in [0, 0.05) is 41.2 Å². The maximum atomic E-state index is 12.9. The Hall–Kier alpha value is -2.48. The Morgan fingerprint density at radius 1 is 1.27 bits per heavy atom. The molecule has 1 unspecified atom stereocenters. The van der Waals surface area contributed by atoms with Crippen molar-refractivity contribution in [3.05, 3.63) is 46.6 Å². The third-order valence-electron chi connectivity index (χ3n) is 6.62. The Morgan fingerprint density at radius 2 is 2.06 bits per heavy atom. The summed E-state index contributed by atoms with van der Waals surface area (Å²) >= 11 is 6.48. The summed E-state index contributed by atoms with van der Waals surface area (Å²) in [6, 6.07) is 7.62. The van der Waals surface area contributed by atoms with Crippen molar-refractivity contribution in [3.8, 4) is 11.1 Å². The van der Waals surface area contributed by atoms with Crippen LogP contribution in [0.3, 0.4) is 0 Å². The lowest BCUT2D eigenvalue weighted by atomic mass is 9.78. The molecule has 1 fully saturated rings. The Balaban J connectivity index is 1.55. The molecule has 1 aromatic carbocycles. The molecule has 1 aliphatic carbocycles. The minimum atomic E-state index is -0.593. The summed E-state index contributed by atoms with van der Waals surface area (Å²) < 4.78 is 0. The van der Waals surface area contributed by atoms with Crippen molar-refractivity contribution in [2.45, 2.75) is 64.1 Å². The largest absolute Gasteiger partial charge is 0.379 e. The molecular weight excluding hydrogens is 440 g/mol. The zero-order chi connectivity index (χ0) is 23.8. The van der Waals surface area contributed by atoms with Crippen molar-refractivity contribution in [1.82, 2.24) is 15.6 Å². The summed E-state index contributed by atoms with van der Waals surface area (Å²) in [6.45, 7) is 6.45. The zero-order valence-electron chi connectivity index (χ0n) is 19.2. The van der Waals surface area contributed by atoms with Gasteiger partial charge in [0.05, 0.1) is 5.02 Å². The van der Waals surface area contributed by atoms with Crippen molar-refractivity contribution in [1.29, 1.82) is 0 Å². The molecule has 8 heteroatoms. The van der Waals surface area contributed by atoms with Gasteiger partial charge >= 0.3 is 0 Å². The number of nitrogens with zero attached hydrogens (tertiary/aromatic N) is 1. The highest BCUT2D eigenvalue weighted by molar-refractivity contribution is 6.33. The molecular formula is C25H31ClN4O3. The highest BCUT2D eigenvalue weighted by Gasteiger charge is 2.32. The van der Waals surface area contributed by atoms with E-state index in [0.717, 1.165) is 36.0 Å². The fraction of sp³-hybridized carbons (Fsp3) is 0.480. The van der Waals surface area contributed by atoms with Crippen LogP contribution in [0.25, 0.3) is 11.1 Å². The van der Waals surface area contributed by atoms with Crippen molar-refractivity contribution in [2.24, 2.45) is 5.92 Å². The molecule has 176 valence electrons. The number of carbonyl (C=O) groups excluding carboxylic acids is 2. The molecule has 0 bridgehead atoms. The highest BCUT2D eigenvalue weighted by Crippen LogP contribution is 2.36. The molecule has 7 nitrogen and oxygen atoms in total. The van der Waals surface area contributed by atoms with E-state index < -0.39 is 6.23 Å². The Labute approximate surface area is 199 Å². The van der Waals surface area contributed by atoms with Crippen LogP contribution in [0.2, 0.25) is 5.02 Å². The van der Waals surface area contributed by atoms with Crippen LogP contribution in [0.1, 0.15) is 62.4 Å². The second-order valence-corrected chi connectivity index (χ2v) is 10.2. The van der Waals surface area contributed by atoms with Crippen LogP contribution >= 0.6 is 11.6 Å². The van der Waals surface area contributed by atoms with Crippen LogP contribution in [-0.4, -0.2) is 40.7 Å². The predicted octanol–water partition coefficient (Wildman–Crippen LogP) is 3.85. The normalized spacial score (nSPS) is 22.8. The summed E-state index contributed by atoms with van der Waals surface area (Å²) in [5.41, 5.74) is 3.07. The van der Waals surface area contributed by atoms with E-state index in [1.807, 2.05) is 18.2 Å². The Kier molecular flexibility index (Phi) is 6.75. The monoisotopic (exact) mass is 470 g/mol. The Morgan fingerprint density at radius 3 is 2.82 bits per heavy atom. The van der Waals surface area contributed by atoms with Gasteiger partial charge in [-0.05, 0) is 55.5 Å². The van der Waals surface area contributed by atoms with E-state index in [1.54, 1.807) is 19.2 Å². The first-order valence-corrected chi connectivity index (χ1v) is 11.9. The fourth-order valence-corrected chi connectivity index (χ4v) is 5.05. The van der Waals surface area contributed by atoms with Gasteiger partial charge in [-0.15, -0.1) is 0 Å². The van der Waals surface area contributed by atoms with Crippen LogP contribution in [0.4, 0.5) is 5.82 Å². The number of hydrogen-bond acceptors (Lipinski definition) is 5. The van der Waals surface area contributed by atoms with Crippen LogP contribution in [0, 0.1) is 5.92 Å². The van der Waals surface area contributed by atoms with Crippen molar-refractivity contribution in [3.63, 3.8) is 0 Å². The van der Waals surface area contributed by atoms with Gasteiger partial charge in [0.15, 0.2) is 0 Å². The molecule has 2 aromatic rings. The molecule has 2 amide bonds. The minimum absolute atomic E-state index is 0.0690. The van der Waals surface area contributed by atoms with Gasteiger partial charge in [-0.2, -0.15) is 0 Å². The molecule has 4 N–H and O–H groups in total. The lowest BCUT2D eigenvalue weighted by molar-refractivity contribution is -0.121. The number of nitrogens with one attached hydrogen (secondary N) is 3. The maximum absolute atomic E-state index is 12.9. The third kappa shape index (κ3) is 5.21. The summed E-state index contributed by atoms with van der Waals surface area (Å²) in [4.78, 5) is 29.5. The molecule has 0 radical (unpaired) electrons. The molecule has 4 rings (SSSR count). The second kappa shape index (κ2) is 9.41. The molecule has 2 heterocycles. The minimum Gasteiger partial charge on any atom is -0.379 e. The number of aromatic nitrogens is 1. The first kappa shape index (κ1) is 23.7. The van der Waals surface area contributed by atoms with Crippen molar-refractivity contribution < 1.29 is 14.7 Å². The number of carbonyl (C=O) groups is 2. The highest BCUT2D eigenvalue weighted by atomic mass is 35.5. The number of amides is 2. The van der Waals surface area contributed by atoms with E-state index in [9.17, 15) is 14.7 Å². The summed E-state index contributed by atoms with van der Waals surface area (Å²) in [7, 11) is 0. The molecule has 33 heavy (non-hydrogen) atoms. The van der Waals surface area contributed by atoms with Gasteiger partial charge in [-0.25, -0.2) is 4.98 Å². The van der Waals surface area contributed by atoms with E-state index in [1.165, 1.54) is 0 Å². The van der Waals surface area contributed by atoms with Gasteiger partial charge in [0.1, 0.15) is 12.0 Å². The number of anilines is 1. The van der Waals surface area contributed by atoms with E-state index in [2.05, 4.69) is 34.8 Å². The molecule has 1 saturated carbocycles. The SMILES string of the molecule is CC(O)N[C@@H]1CCC[C@H](C(=O)Nc2cc(-c3ccc4c(c3)C(C)(C)CNC4=O)c(Cl)cn2)C1. The number of hydrogen-bond donors (Lipinski definition) is 4. The first-order valence-electron chi connectivity index (χ1n) is 11.5. The lowest BCUT2D eigenvalue weighted by Crippen LogP contribution is -2.43. The molecule has 1 aromatic heterocycles. The Bertz CT molecular complexity index is 1070. The number of halogens is 1. The smallest absolute Gasteiger partial charge is 0.251 e. The average Bonchev–Trinajstić information content (AvgIpc) is 2.77. The first-order chi connectivity index (χ1) is 15.6. The van der Waals surface area contributed by atoms with E-state index >= 15 is 0 Å². The van der Waals surface area contributed by atoms with Gasteiger partial charge in [-0.3, -0.25) is 14.9 Å². The fourth-order valence-electron chi connectivity index (χ4n) is 4.84. The molecule has 0 saturated heterocycles. The lowest BCUT2D eigenvalue weighted by Gasteiger charge is -2.33. The van der Waals surface area contributed by atoms with Gasteiger partial charge in [0.25, 0.3) is 5.91 Å². The average molecular weight is 471 g/mol. The predicted molar refractivity (Wildman–Crippen MR) is 129 cm³/mol. The van der Waals surface area contributed by atoms with E-state index in [-0.39, 0.29) is 29.2 Å². The van der Waals surface area contributed by atoms with Crippen LogP contribution in [0.5, 0.6) is 0 Å².